The Morgan fingerprint density at radius 1 is 1.07 bits per heavy atom. The summed E-state index contributed by atoms with van der Waals surface area (Å²) in [5.41, 5.74) is 1.98. The number of hydrogen-bond donors (Lipinski definition) is 2. The Morgan fingerprint density at radius 3 is 2.63 bits per heavy atom. The molecule has 0 saturated carbocycles. The van der Waals surface area contributed by atoms with Crippen LogP contribution in [-0.4, -0.2) is 39.6 Å². The Kier molecular flexibility index (Phi) is 7.76. The third kappa shape index (κ3) is 5.15. The molecule has 0 unspecified atom stereocenters. The maximum atomic E-state index is 13.4. The Morgan fingerprint density at radius 2 is 1.87 bits per heavy atom. The summed E-state index contributed by atoms with van der Waals surface area (Å²) >= 11 is 0. The average Bonchev–Trinajstić information content (AvgIpc) is 3.22. The van der Waals surface area contributed by atoms with Gasteiger partial charge in [-0.15, -0.1) is 24.0 Å². The smallest absolute Gasteiger partial charge is 0.231 e. The van der Waals surface area contributed by atoms with Gasteiger partial charge in [0, 0.05) is 38.8 Å². The van der Waals surface area contributed by atoms with E-state index in [0.717, 1.165) is 29.9 Å². The Labute approximate surface area is 193 Å². The molecule has 6 nitrogen and oxygen atoms in total. The van der Waals surface area contributed by atoms with E-state index in [9.17, 15) is 4.39 Å². The van der Waals surface area contributed by atoms with Crippen LogP contribution in [-0.2, 0) is 16.7 Å². The molecule has 30 heavy (non-hydrogen) atoms. The second-order valence-corrected chi connectivity index (χ2v) is 7.37. The Hall–Kier alpha value is -2.07. The zero-order valence-electron chi connectivity index (χ0n) is 16.9. The van der Waals surface area contributed by atoms with Gasteiger partial charge in [0.1, 0.15) is 5.82 Å². The van der Waals surface area contributed by atoms with Crippen LogP contribution in [0, 0.1) is 5.82 Å². The molecule has 8 heteroatoms. The summed E-state index contributed by atoms with van der Waals surface area (Å²) in [7, 11) is 1.73. The summed E-state index contributed by atoms with van der Waals surface area (Å²) in [6, 6.07) is 12.7. The average molecular weight is 527 g/mol. The van der Waals surface area contributed by atoms with Crippen LogP contribution in [0.5, 0.6) is 11.5 Å². The lowest BCUT2D eigenvalue weighted by Gasteiger charge is -2.38. The van der Waals surface area contributed by atoms with Crippen molar-refractivity contribution in [3.05, 3.63) is 59.4 Å². The maximum absolute atomic E-state index is 13.4. The van der Waals surface area contributed by atoms with Crippen LogP contribution in [0.4, 0.5) is 4.39 Å². The third-order valence-corrected chi connectivity index (χ3v) is 5.60. The van der Waals surface area contributed by atoms with Gasteiger partial charge in [0.25, 0.3) is 0 Å². The molecule has 4 rings (SSSR count). The fourth-order valence-electron chi connectivity index (χ4n) is 3.86. The first-order valence-corrected chi connectivity index (χ1v) is 9.85. The molecular formula is C22H27FIN3O3. The zero-order valence-corrected chi connectivity index (χ0v) is 19.3. The predicted octanol–water partition coefficient (Wildman–Crippen LogP) is 3.59. The molecule has 2 aliphatic heterocycles. The van der Waals surface area contributed by atoms with E-state index in [4.69, 9.17) is 14.2 Å². The first kappa shape index (κ1) is 22.6. The lowest BCUT2D eigenvalue weighted by molar-refractivity contribution is 0.0513. The molecule has 1 saturated heterocycles. The van der Waals surface area contributed by atoms with E-state index in [1.165, 1.54) is 17.7 Å². The highest BCUT2D eigenvalue weighted by molar-refractivity contribution is 14.0. The zero-order chi connectivity index (χ0) is 20.1. The van der Waals surface area contributed by atoms with Crippen molar-refractivity contribution in [3.63, 3.8) is 0 Å². The monoisotopic (exact) mass is 527 g/mol. The summed E-state index contributed by atoms with van der Waals surface area (Å²) in [5, 5.41) is 6.71. The molecule has 0 bridgehead atoms. The third-order valence-electron chi connectivity index (χ3n) is 5.60. The van der Waals surface area contributed by atoms with E-state index in [1.54, 1.807) is 13.1 Å². The first-order valence-electron chi connectivity index (χ1n) is 9.85. The van der Waals surface area contributed by atoms with Gasteiger partial charge < -0.3 is 24.8 Å². The molecule has 0 atom stereocenters. The summed E-state index contributed by atoms with van der Waals surface area (Å²) in [5.74, 6) is 2.02. The number of nitrogens with one attached hydrogen (secondary N) is 2. The standard InChI is InChI=1S/C22H26FN3O3.HI/c1-24-21(25-13-16-3-2-4-18(23)11-16)26-14-22(7-9-27-10-8-22)17-5-6-19-20(12-17)29-15-28-19;/h2-6,11-12H,7-10,13-15H2,1H3,(H2,24,25,26);1H. The van der Waals surface area contributed by atoms with Gasteiger partial charge in [-0.05, 0) is 48.2 Å². The predicted molar refractivity (Wildman–Crippen MR) is 124 cm³/mol. The van der Waals surface area contributed by atoms with E-state index in [-0.39, 0.29) is 42.0 Å². The van der Waals surface area contributed by atoms with Gasteiger partial charge in [0.15, 0.2) is 17.5 Å². The molecule has 0 aromatic heterocycles. The van der Waals surface area contributed by atoms with E-state index in [1.807, 2.05) is 12.1 Å². The number of rotatable bonds is 5. The molecular weight excluding hydrogens is 500 g/mol. The van der Waals surface area contributed by atoms with Crippen molar-refractivity contribution < 1.29 is 18.6 Å². The fraction of sp³-hybridized carbons (Fsp3) is 0.409. The van der Waals surface area contributed by atoms with Gasteiger partial charge >= 0.3 is 0 Å². The van der Waals surface area contributed by atoms with Crippen molar-refractivity contribution in [2.45, 2.75) is 24.8 Å². The van der Waals surface area contributed by atoms with Gasteiger partial charge in [0.05, 0.1) is 0 Å². The minimum absolute atomic E-state index is 0. The number of guanidine groups is 1. The largest absolute Gasteiger partial charge is 0.454 e. The lowest BCUT2D eigenvalue weighted by atomic mass is 9.74. The van der Waals surface area contributed by atoms with Gasteiger partial charge in [0.2, 0.25) is 6.79 Å². The van der Waals surface area contributed by atoms with Crippen LogP contribution in [0.2, 0.25) is 0 Å². The van der Waals surface area contributed by atoms with Crippen LogP contribution < -0.4 is 20.1 Å². The number of nitrogens with zero attached hydrogens (tertiary/aromatic N) is 1. The topological polar surface area (TPSA) is 64.1 Å². The highest BCUT2D eigenvalue weighted by Gasteiger charge is 2.35. The molecule has 1 fully saturated rings. The molecule has 0 radical (unpaired) electrons. The van der Waals surface area contributed by atoms with Crippen molar-refractivity contribution in [2.75, 3.05) is 33.6 Å². The normalized spacial score (nSPS) is 17.2. The lowest BCUT2D eigenvalue weighted by Crippen LogP contribution is -2.47. The minimum Gasteiger partial charge on any atom is -0.454 e. The van der Waals surface area contributed by atoms with Crippen molar-refractivity contribution in [2.24, 2.45) is 4.99 Å². The summed E-state index contributed by atoms with van der Waals surface area (Å²) in [6.07, 6.45) is 1.81. The van der Waals surface area contributed by atoms with Crippen LogP contribution in [0.3, 0.4) is 0 Å². The summed E-state index contributed by atoms with van der Waals surface area (Å²) < 4.78 is 30.0. The number of aliphatic imine (C=N–C) groups is 1. The summed E-state index contributed by atoms with van der Waals surface area (Å²) in [4.78, 5) is 4.32. The van der Waals surface area contributed by atoms with Gasteiger partial charge in [-0.2, -0.15) is 0 Å². The van der Waals surface area contributed by atoms with E-state index < -0.39 is 0 Å². The second-order valence-electron chi connectivity index (χ2n) is 7.37. The quantitative estimate of drug-likeness (QED) is 0.354. The second kappa shape index (κ2) is 10.3. The highest BCUT2D eigenvalue weighted by atomic mass is 127. The molecule has 2 aromatic carbocycles. The minimum atomic E-state index is -0.240. The van der Waals surface area contributed by atoms with Crippen molar-refractivity contribution >= 4 is 29.9 Å². The molecule has 0 spiro atoms. The van der Waals surface area contributed by atoms with E-state index in [2.05, 4.69) is 27.8 Å². The van der Waals surface area contributed by atoms with Gasteiger partial charge in [-0.1, -0.05) is 18.2 Å². The summed E-state index contributed by atoms with van der Waals surface area (Å²) in [6.45, 7) is 2.90. The van der Waals surface area contributed by atoms with Gasteiger partial charge in [-0.3, -0.25) is 4.99 Å². The molecule has 2 aromatic rings. The molecule has 2 aliphatic rings. The number of ether oxygens (including phenoxy) is 3. The SMILES string of the molecule is CN=C(NCc1cccc(F)c1)NCC1(c2ccc3c(c2)OCO3)CCOCC1.I. The molecule has 2 heterocycles. The van der Waals surface area contributed by atoms with E-state index in [0.29, 0.717) is 32.3 Å². The Bertz CT molecular complexity index is 888. The van der Waals surface area contributed by atoms with Crippen LogP contribution in [0.1, 0.15) is 24.0 Å². The number of hydrogen-bond acceptors (Lipinski definition) is 4. The fourth-order valence-corrected chi connectivity index (χ4v) is 3.86. The first-order chi connectivity index (χ1) is 14.2. The van der Waals surface area contributed by atoms with Crippen molar-refractivity contribution in [1.29, 1.82) is 0 Å². The van der Waals surface area contributed by atoms with Gasteiger partial charge in [-0.25, -0.2) is 4.39 Å². The molecule has 0 aliphatic carbocycles. The van der Waals surface area contributed by atoms with Crippen molar-refractivity contribution in [3.8, 4) is 11.5 Å². The number of benzene rings is 2. The van der Waals surface area contributed by atoms with Crippen LogP contribution in [0.15, 0.2) is 47.5 Å². The highest BCUT2D eigenvalue weighted by Crippen LogP contribution is 2.40. The molecule has 2 N–H and O–H groups in total. The van der Waals surface area contributed by atoms with Crippen molar-refractivity contribution in [1.82, 2.24) is 10.6 Å². The number of fused-ring (bicyclic) bond motifs is 1. The molecule has 0 amide bonds. The van der Waals surface area contributed by atoms with Crippen LogP contribution in [0.25, 0.3) is 0 Å². The van der Waals surface area contributed by atoms with Crippen LogP contribution >= 0.6 is 24.0 Å². The van der Waals surface area contributed by atoms with E-state index >= 15 is 0 Å². The number of halogens is 2. The maximum Gasteiger partial charge on any atom is 0.231 e. The molecule has 162 valence electrons. The Balaban J connectivity index is 0.00000256.